The zero-order valence-electron chi connectivity index (χ0n) is 21.9. The summed E-state index contributed by atoms with van der Waals surface area (Å²) in [6, 6.07) is 0. The van der Waals surface area contributed by atoms with E-state index in [0.29, 0.717) is 18.8 Å². The van der Waals surface area contributed by atoms with Crippen molar-refractivity contribution in [3.05, 3.63) is 0 Å². The SMILES string of the molecule is CCCCP(CCCC)(CCCC)(CCCC)OS(=O)(=O)CC12CCC(CC1=O)C2(C)C. The summed E-state index contributed by atoms with van der Waals surface area (Å²) in [7, 11) is -3.81. The van der Waals surface area contributed by atoms with E-state index in [1.165, 1.54) is 0 Å². The Morgan fingerprint density at radius 3 is 1.62 bits per heavy atom. The van der Waals surface area contributed by atoms with E-state index in [9.17, 15) is 13.2 Å². The van der Waals surface area contributed by atoms with Gasteiger partial charge < -0.3 is 0 Å². The van der Waals surface area contributed by atoms with Crippen LogP contribution in [0.5, 0.6) is 0 Å². The number of unbranched alkanes of at least 4 members (excludes halogenated alkanes) is 4. The van der Waals surface area contributed by atoms with Crippen molar-refractivity contribution in [3.63, 3.8) is 0 Å². The quantitative estimate of drug-likeness (QED) is 0.212. The van der Waals surface area contributed by atoms with E-state index in [0.717, 1.165) is 82.4 Å². The van der Waals surface area contributed by atoms with Gasteiger partial charge in [-0.1, -0.05) is 0 Å². The maximum absolute atomic E-state index is 13.9. The fraction of sp³-hybridized carbons (Fsp3) is 0.962. The third-order valence-electron chi connectivity index (χ3n) is 9.20. The van der Waals surface area contributed by atoms with E-state index in [1.807, 2.05) is 0 Å². The van der Waals surface area contributed by atoms with E-state index in [1.54, 1.807) is 0 Å². The van der Waals surface area contributed by atoms with Crippen molar-refractivity contribution in [2.24, 2.45) is 16.7 Å². The molecule has 0 spiro atoms. The summed E-state index contributed by atoms with van der Waals surface area (Å²) in [5, 5.41) is 0. The summed E-state index contributed by atoms with van der Waals surface area (Å²) in [5.41, 5.74) is -1.00. The first-order chi connectivity index (χ1) is 15.0. The van der Waals surface area contributed by atoms with Crippen LogP contribution in [-0.2, 0) is 18.9 Å². The Bertz CT molecular complexity index is 701. The molecule has 0 aromatic carbocycles. The van der Waals surface area contributed by atoms with Crippen molar-refractivity contribution in [2.75, 3.05) is 30.4 Å². The number of hydrogen-bond acceptors (Lipinski definition) is 4. The van der Waals surface area contributed by atoms with E-state index >= 15 is 0 Å². The van der Waals surface area contributed by atoms with Crippen molar-refractivity contribution in [3.8, 4) is 0 Å². The van der Waals surface area contributed by atoms with E-state index in [-0.39, 0.29) is 17.0 Å². The average Bonchev–Trinajstić information content (AvgIpc) is 3.07. The number of carbonyl (C=O) groups is 1. The van der Waals surface area contributed by atoms with Crippen LogP contribution in [0.25, 0.3) is 0 Å². The molecule has 0 N–H and O–H groups in total. The van der Waals surface area contributed by atoms with Crippen LogP contribution in [0.15, 0.2) is 0 Å². The normalized spacial score (nSPS) is 26.4. The van der Waals surface area contributed by atoms with Gasteiger partial charge in [0.15, 0.2) is 0 Å². The number of ketones is 1. The van der Waals surface area contributed by atoms with Gasteiger partial charge in [-0.15, -0.1) is 0 Å². The van der Waals surface area contributed by atoms with Gasteiger partial charge in [-0.05, 0) is 0 Å². The summed E-state index contributed by atoms with van der Waals surface area (Å²) in [5.74, 6) is 0.382. The van der Waals surface area contributed by atoms with Crippen molar-refractivity contribution in [1.29, 1.82) is 0 Å². The van der Waals surface area contributed by atoms with Gasteiger partial charge in [-0.3, -0.25) is 0 Å². The number of Topliss-reactive ketones (excluding diaryl/α,β-unsaturated/α-hetero) is 1. The van der Waals surface area contributed by atoms with Gasteiger partial charge in [0.05, 0.1) is 0 Å². The Labute approximate surface area is 199 Å². The molecule has 0 saturated heterocycles. The second-order valence-electron chi connectivity index (χ2n) is 11.6. The third kappa shape index (κ3) is 5.46. The van der Waals surface area contributed by atoms with E-state index in [2.05, 4.69) is 41.5 Å². The molecule has 2 fully saturated rings. The van der Waals surface area contributed by atoms with Gasteiger partial charge in [-0.25, -0.2) is 0 Å². The van der Waals surface area contributed by atoms with Crippen molar-refractivity contribution in [1.82, 2.24) is 0 Å². The van der Waals surface area contributed by atoms with Crippen LogP contribution in [0, 0.1) is 16.7 Å². The maximum atomic E-state index is 13.9. The topological polar surface area (TPSA) is 60.4 Å². The molecule has 0 aliphatic heterocycles. The predicted molar refractivity (Wildman–Crippen MR) is 139 cm³/mol. The first-order valence-electron chi connectivity index (χ1n) is 13.4. The monoisotopic (exact) mass is 490 g/mol. The zero-order valence-corrected chi connectivity index (χ0v) is 23.6. The Morgan fingerprint density at radius 2 is 1.31 bits per heavy atom. The molecule has 0 aromatic heterocycles. The fourth-order valence-electron chi connectivity index (χ4n) is 6.81. The minimum atomic E-state index is -3.81. The van der Waals surface area contributed by atoms with Gasteiger partial charge in [0, 0.05) is 0 Å². The fourth-order valence-corrected chi connectivity index (χ4v) is 17.9. The molecule has 2 bridgehead atoms. The van der Waals surface area contributed by atoms with Crippen molar-refractivity contribution >= 4 is 22.7 Å². The number of carbonyl (C=O) groups excluding carboxylic acids is 1. The molecule has 2 unspecified atom stereocenters. The molecule has 2 aliphatic rings. The Hall–Kier alpha value is 0.0100. The second-order valence-corrected chi connectivity index (χ2v) is 19.1. The number of hydrogen-bond donors (Lipinski definition) is 0. The summed E-state index contributed by atoms with van der Waals surface area (Å²) in [6.07, 6.45) is 14.3. The molecule has 0 aromatic rings. The molecule has 2 atom stereocenters. The minimum absolute atomic E-state index is 0.100. The molecule has 2 rings (SSSR count). The molecule has 190 valence electrons. The van der Waals surface area contributed by atoms with Gasteiger partial charge in [-0.2, -0.15) is 0 Å². The summed E-state index contributed by atoms with van der Waals surface area (Å²) >= 11 is 0. The third-order valence-corrected chi connectivity index (χ3v) is 18.4. The summed E-state index contributed by atoms with van der Waals surface area (Å²) in [6.45, 7) is 10.1. The molecule has 0 heterocycles. The standard InChI is InChI=1S/C26H51O4PS/c1-7-11-17-31(18-12-8-2,19-13-9-3,20-14-10-4)30-32(28,29)22-26-16-15-23(21-24(26)27)25(26,5)6/h23H,7-22H2,1-6H3. The molecule has 4 nitrogen and oxygen atoms in total. The molecule has 2 saturated carbocycles. The zero-order chi connectivity index (χ0) is 24.1. The van der Waals surface area contributed by atoms with Crippen LogP contribution in [-0.4, -0.2) is 44.6 Å². The van der Waals surface area contributed by atoms with E-state index < -0.39 is 22.4 Å². The summed E-state index contributed by atoms with van der Waals surface area (Å²) in [4.78, 5) is 13.1. The first-order valence-corrected chi connectivity index (χ1v) is 17.9. The van der Waals surface area contributed by atoms with Crippen molar-refractivity contribution < 1.29 is 17.2 Å². The van der Waals surface area contributed by atoms with Gasteiger partial charge in [0.25, 0.3) is 0 Å². The molecule has 32 heavy (non-hydrogen) atoms. The molecule has 0 amide bonds. The number of fused-ring (bicyclic) bond motifs is 2. The van der Waals surface area contributed by atoms with Gasteiger partial charge >= 0.3 is 199 Å². The number of rotatable bonds is 16. The molecular formula is C26H51O4PS. The van der Waals surface area contributed by atoms with Crippen LogP contribution in [0.2, 0.25) is 0 Å². The summed E-state index contributed by atoms with van der Waals surface area (Å²) < 4.78 is 34.6. The van der Waals surface area contributed by atoms with Crippen LogP contribution >= 0.6 is 6.83 Å². The van der Waals surface area contributed by atoms with Crippen LogP contribution < -0.4 is 0 Å². The van der Waals surface area contributed by atoms with Gasteiger partial charge in [0.2, 0.25) is 0 Å². The average molecular weight is 491 g/mol. The predicted octanol–water partition coefficient (Wildman–Crippen LogP) is 7.40. The Morgan fingerprint density at radius 1 is 0.875 bits per heavy atom. The molecule has 6 heteroatoms. The van der Waals surface area contributed by atoms with E-state index in [4.69, 9.17) is 3.97 Å². The Kier molecular flexibility index (Phi) is 9.47. The molecule has 2 aliphatic carbocycles. The van der Waals surface area contributed by atoms with Crippen LogP contribution in [0.4, 0.5) is 0 Å². The molecule has 0 radical (unpaired) electrons. The first kappa shape index (κ1) is 28.2. The Balaban J connectivity index is 2.48. The van der Waals surface area contributed by atoms with Gasteiger partial charge in [0.1, 0.15) is 0 Å². The second kappa shape index (κ2) is 10.7. The molecular weight excluding hydrogens is 439 g/mol. The van der Waals surface area contributed by atoms with Crippen LogP contribution in [0.1, 0.15) is 112 Å². The van der Waals surface area contributed by atoms with Crippen molar-refractivity contribution in [2.45, 2.75) is 112 Å². The van der Waals surface area contributed by atoms with Crippen LogP contribution in [0.3, 0.4) is 0 Å².